The van der Waals surface area contributed by atoms with E-state index in [-0.39, 0.29) is 18.3 Å². The van der Waals surface area contributed by atoms with Crippen LogP contribution in [0.15, 0.2) is 34.8 Å². The second-order valence-electron chi connectivity index (χ2n) is 6.64. The summed E-state index contributed by atoms with van der Waals surface area (Å²) in [5.41, 5.74) is 3.83. The topological polar surface area (TPSA) is 73.2 Å². The summed E-state index contributed by atoms with van der Waals surface area (Å²) in [6.07, 6.45) is 2.94. The molecule has 1 heterocycles. The van der Waals surface area contributed by atoms with E-state index < -0.39 is 0 Å². The normalized spacial score (nSPS) is 15.7. The molecule has 6 heteroatoms. The molecule has 1 unspecified atom stereocenters. The minimum Gasteiger partial charge on any atom is -0.497 e. The van der Waals surface area contributed by atoms with Crippen molar-refractivity contribution in [3.63, 3.8) is 0 Å². The van der Waals surface area contributed by atoms with E-state index in [4.69, 9.17) is 4.74 Å². The van der Waals surface area contributed by atoms with Crippen molar-refractivity contribution < 1.29 is 9.53 Å². The number of hydrogen-bond acceptors (Lipinski definition) is 5. The van der Waals surface area contributed by atoms with Gasteiger partial charge in [0.25, 0.3) is 0 Å². The van der Waals surface area contributed by atoms with Crippen LogP contribution in [0.3, 0.4) is 0 Å². The van der Waals surface area contributed by atoms with E-state index in [1.54, 1.807) is 14.0 Å². The molecule has 0 spiro atoms. The van der Waals surface area contributed by atoms with Crippen LogP contribution in [0.2, 0.25) is 0 Å². The lowest BCUT2D eigenvalue weighted by molar-refractivity contribution is 0.411. The third-order valence-electron chi connectivity index (χ3n) is 4.80. The van der Waals surface area contributed by atoms with E-state index in [0.717, 1.165) is 36.3 Å². The summed E-state index contributed by atoms with van der Waals surface area (Å²) in [6, 6.07) is 7.87. The third-order valence-corrected chi connectivity index (χ3v) is 4.80. The third kappa shape index (κ3) is 3.70. The maximum atomic E-state index is 12.1. The number of carbonyl (C=O) groups excluding carboxylic acids is 1. The molecule has 1 aromatic carbocycles. The predicted octanol–water partition coefficient (Wildman–Crippen LogP) is 2.25. The summed E-state index contributed by atoms with van der Waals surface area (Å²) in [6.45, 7) is 3.75. The zero-order valence-corrected chi connectivity index (χ0v) is 15.3. The van der Waals surface area contributed by atoms with Gasteiger partial charge in [-0.15, -0.1) is 0 Å². The number of aryl methyl sites for hydroxylation is 3. The minimum absolute atomic E-state index is 0.0236. The van der Waals surface area contributed by atoms with Crippen molar-refractivity contribution in [2.45, 2.75) is 45.7 Å². The van der Waals surface area contributed by atoms with Crippen molar-refractivity contribution in [2.24, 2.45) is 0 Å². The lowest BCUT2D eigenvalue weighted by Gasteiger charge is -2.28. The highest BCUT2D eigenvalue weighted by atomic mass is 16.5. The zero-order valence-electron chi connectivity index (χ0n) is 15.3. The predicted molar refractivity (Wildman–Crippen MR) is 99.0 cm³/mol. The van der Waals surface area contributed by atoms with Crippen LogP contribution in [-0.4, -0.2) is 22.6 Å². The highest BCUT2D eigenvalue weighted by Crippen LogP contribution is 2.32. The molecule has 0 fully saturated rings. The Kier molecular flexibility index (Phi) is 5.24. The van der Waals surface area contributed by atoms with Crippen LogP contribution in [0.1, 0.15) is 41.4 Å². The quantitative estimate of drug-likeness (QED) is 0.835. The lowest BCUT2D eigenvalue weighted by atomic mass is 9.87. The first kappa shape index (κ1) is 18.0. The molecule has 0 saturated heterocycles. The maximum absolute atomic E-state index is 12.1. The summed E-state index contributed by atoms with van der Waals surface area (Å²) in [5.74, 6) is 2.80. The molecule has 0 amide bonds. The molecule has 1 N–H and O–H groups in total. The molecule has 0 radical (unpaired) electrons. The molecule has 26 heavy (non-hydrogen) atoms. The summed E-state index contributed by atoms with van der Waals surface area (Å²) in [7, 11) is 1.66. The standard InChI is InChI=1S/C20H23N3O3/c1-13-9-14(2)23(20(25)21-13)11-16(12-24)22-19-6-4-5-15-10-17(26-3)7-8-18(15)19/h7-10,19,22H,4-6,11H2,1-3H3. The summed E-state index contributed by atoms with van der Waals surface area (Å²) < 4.78 is 6.78. The van der Waals surface area contributed by atoms with E-state index in [1.807, 2.05) is 37.1 Å². The summed E-state index contributed by atoms with van der Waals surface area (Å²) in [4.78, 5) is 27.6. The lowest BCUT2D eigenvalue weighted by Crippen LogP contribution is -2.32. The average molecular weight is 353 g/mol. The Labute approximate surface area is 152 Å². The Balaban J connectivity index is 1.83. The molecule has 1 aliphatic rings. The number of nitrogens with one attached hydrogen (secondary N) is 1. The first-order valence-corrected chi connectivity index (χ1v) is 8.74. The molecule has 136 valence electrons. The van der Waals surface area contributed by atoms with Crippen LogP contribution in [0.25, 0.3) is 0 Å². The van der Waals surface area contributed by atoms with Crippen LogP contribution in [0, 0.1) is 13.8 Å². The fourth-order valence-electron chi connectivity index (χ4n) is 3.51. The molecule has 3 rings (SSSR count). The molecule has 6 nitrogen and oxygen atoms in total. The average Bonchev–Trinajstić information content (AvgIpc) is 2.63. The Morgan fingerprint density at radius 3 is 2.88 bits per heavy atom. The minimum atomic E-state index is -0.356. The molecule has 0 saturated carbocycles. The van der Waals surface area contributed by atoms with Crippen LogP contribution in [-0.2, 0) is 17.8 Å². The molecule has 1 atom stereocenters. The van der Waals surface area contributed by atoms with Gasteiger partial charge < -0.3 is 10.1 Å². The van der Waals surface area contributed by atoms with E-state index in [1.165, 1.54) is 10.1 Å². The second-order valence-corrected chi connectivity index (χ2v) is 6.64. The number of rotatable bonds is 5. The summed E-state index contributed by atoms with van der Waals surface area (Å²) in [5, 5.41) is 3.28. The monoisotopic (exact) mass is 353 g/mol. The fourth-order valence-corrected chi connectivity index (χ4v) is 3.51. The van der Waals surface area contributed by atoms with Gasteiger partial charge in [0.2, 0.25) is 0 Å². The molecule has 0 bridgehead atoms. The smallest absolute Gasteiger partial charge is 0.348 e. The number of benzene rings is 1. The van der Waals surface area contributed by atoms with Gasteiger partial charge in [-0.05, 0) is 62.4 Å². The number of methoxy groups -OCH3 is 1. The number of hydrogen-bond donors (Lipinski definition) is 1. The van der Waals surface area contributed by atoms with E-state index >= 15 is 0 Å². The number of nitrogens with zero attached hydrogens (tertiary/aromatic N) is 2. The molecular formula is C20H23N3O3. The fraction of sp³-hybridized carbons (Fsp3) is 0.400. The number of aromatic nitrogens is 2. The number of allylic oxidation sites excluding steroid dienone is 1. The van der Waals surface area contributed by atoms with Crippen LogP contribution < -0.4 is 15.7 Å². The van der Waals surface area contributed by atoms with Crippen molar-refractivity contribution >= 4 is 5.94 Å². The van der Waals surface area contributed by atoms with Crippen LogP contribution in [0.4, 0.5) is 0 Å². The molecule has 1 aromatic heterocycles. The van der Waals surface area contributed by atoms with Gasteiger partial charge in [0.05, 0.1) is 19.7 Å². The van der Waals surface area contributed by atoms with Crippen molar-refractivity contribution in [3.05, 3.63) is 63.0 Å². The zero-order chi connectivity index (χ0) is 18.7. The van der Waals surface area contributed by atoms with Gasteiger partial charge in [-0.3, -0.25) is 4.57 Å². The second kappa shape index (κ2) is 7.58. The van der Waals surface area contributed by atoms with Crippen molar-refractivity contribution in [1.82, 2.24) is 14.9 Å². The Hall–Kier alpha value is -2.85. The van der Waals surface area contributed by atoms with Gasteiger partial charge in [0, 0.05) is 11.4 Å². The van der Waals surface area contributed by atoms with Gasteiger partial charge in [0.1, 0.15) is 17.4 Å². The van der Waals surface area contributed by atoms with Gasteiger partial charge >= 0.3 is 5.69 Å². The van der Waals surface area contributed by atoms with Gasteiger partial charge in [0.15, 0.2) is 0 Å². The Morgan fingerprint density at radius 1 is 1.38 bits per heavy atom. The van der Waals surface area contributed by atoms with Crippen molar-refractivity contribution in [1.29, 1.82) is 0 Å². The molecule has 0 aliphatic heterocycles. The van der Waals surface area contributed by atoms with Gasteiger partial charge in [-0.25, -0.2) is 9.59 Å². The molecular weight excluding hydrogens is 330 g/mol. The number of fused-ring (bicyclic) bond motifs is 1. The first-order valence-electron chi connectivity index (χ1n) is 8.74. The maximum Gasteiger partial charge on any atom is 0.348 e. The van der Waals surface area contributed by atoms with Crippen LogP contribution >= 0.6 is 0 Å². The highest BCUT2D eigenvalue weighted by molar-refractivity contribution is 5.52. The first-order chi connectivity index (χ1) is 12.5. The largest absolute Gasteiger partial charge is 0.497 e. The SMILES string of the molecule is COc1ccc2c(c1)CCCC2NC(=C=O)Cn1c(C)cc(C)nc1=O. The molecule has 2 aromatic rings. The summed E-state index contributed by atoms with van der Waals surface area (Å²) >= 11 is 0. The number of ether oxygens (including phenoxy) is 1. The molecule has 1 aliphatic carbocycles. The van der Waals surface area contributed by atoms with Crippen molar-refractivity contribution in [2.75, 3.05) is 7.11 Å². The van der Waals surface area contributed by atoms with Crippen molar-refractivity contribution in [3.8, 4) is 5.75 Å². The van der Waals surface area contributed by atoms with E-state index in [0.29, 0.717) is 11.4 Å². The van der Waals surface area contributed by atoms with Gasteiger partial charge in [-0.1, -0.05) is 6.07 Å². The van der Waals surface area contributed by atoms with E-state index in [9.17, 15) is 9.59 Å². The highest BCUT2D eigenvalue weighted by Gasteiger charge is 2.22. The Bertz CT molecular complexity index is 926. The Morgan fingerprint density at radius 2 is 2.19 bits per heavy atom. The van der Waals surface area contributed by atoms with Gasteiger partial charge in [-0.2, -0.15) is 4.98 Å². The van der Waals surface area contributed by atoms with E-state index in [2.05, 4.69) is 10.3 Å². The van der Waals surface area contributed by atoms with Crippen LogP contribution in [0.5, 0.6) is 5.75 Å².